The number of rotatable bonds is 3. The van der Waals surface area contributed by atoms with Crippen LogP contribution >= 0.6 is 0 Å². The average molecular weight is 262 g/mol. The summed E-state index contributed by atoms with van der Waals surface area (Å²) in [6, 6.07) is 9.95. The van der Waals surface area contributed by atoms with E-state index in [1.807, 2.05) is 42.3 Å². The first-order chi connectivity index (χ1) is 9.15. The van der Waals surface area contributed by atoms with E-state index in [-0.39, 0.29) is 24.6 Å². The van der Waals surface area contributed by atoms with Gasteiger partial charge in [-0.3, -0.25) is 4.79 Å². The second kappa shape index (κ2) is 6.06. The van der Waals surface area contributed by atoms with Gasteiger partial charge in [-0.25, -0.2) is 0 Å². The number of benzene rings is 1. The summed E-state index contributed by atoms with van der Waals surface area (Å²) in [6.45, 7) is 2.94. The molecule has 4 heteroatoms. The van der Waals surface area contributed by atoms with Crippen LogP contribution in [0.5, 0.6) is 0 Å². The largest absolute Gasteiger partial charge is 0.396 e. The van der Waals surface area contributed by atoms with Gasteiger partial charge in [0.15, 0.2) is 0 Å². The summed E-state index contributed by atoms with van der Waals surface area (Å²) in [4.78, 5) is 16.4. The lowest BCUT2D eigenvalue weighted by Crippen LogP contribution is -2.46. The molecule has 2 rings (SSSR count). The van der Waals surface area contributed by atoms with Gasteiger partial charge in [-0.1, -0.05) is 18.2 Å². The minimum Gasteiger partial charge on any atom is -0.396 e. The van der Waals surface area contributed by atoms with Crippen molar-refractivity contribution in [3.05, 3.63) is 30.3 Å². The Morgan fingerprint density at radius 3 is 2.63 bits per heavy atom. The van der Waals surface area contributed by atoms with E-state index in [0.29, 0.717) is 6.42 Å². The molecule has 0 radical (unpaired) electrons. The first-order valence-corrected chi connectivity index (χ1v) is 6.84. The first kappa shape index (κ1) is 13.9. The van der Waals surface area contributed by atoms with Gasteiger partial charge in [-0.2, -0.15) is 0 Å². The van der Waals surface area contributed by atoms with Crippen molar-refractivity contribution >= 4 is 11.6 Å². The van der Waals surface area contributed by atoms with Crippen LogP contribution in [0.2, 0.25) is 0 Å². The van der Waals surface area contributed by atoms with Gasteiger partial charge < -0.3 is 14.9 Å². The molecule has 0 aromatic heterocycles. The molecule has 2 unspecified atom stereocenters. The topological polar surface area (TPSA) is 43.8 Å². The van der Waals surface area contributed by atoms with Gasteiger partial charge in [0.1, 0.15) is 6.04 Å². The minimum absolute atomic E-state index is 0.0297. The van der Waals surface area contributed by atoms with E-state index in [1.165, 1.54) is 0 Å². The van der Waals surface area contributed by atoms with Crippen molar-refractivity contribution in [2.24, 2.45) is 0 Å². The van der Waals surface area contributed by atoms with Gasteiger partial charge in [0.25, 0.3) is 0 Å². The number of para-hydroxylation sites is 1. The summed E-state index contributed by atoms with van der Waals surface area (Å²) in [6.07, 6.45) is 1.42. The van der Waals surface area contributed by atoms with Gasteiger partial charge in [-0.05, 0) is 31.9 Å². The molecule has 0 bridgehead atoms. The van der Waals surface area contributed by atoms with E-state index in [9.17, 15) is 9.90 Å². The number of carbonyl (C=O) groups is 1. The van der Waals surface area contributed by atoms with Crippen LogP contribution in [0.3, 0.4) is 0 Å². The van der Waals surface area contributed by atoms with E-state index in [1.54, 1.807) is 0 Å². The van der Waals surface area contributed by atoms with E-state index >= 15 is 0 Å². The molecule has 0 spiro atoms. The Bertz CT molecular complexity index is 421. The smallest absolute Gasteiger partial charge is 0.245 e. The molecule has 1 heterocycles. The molecule has 1 fully saturated rings. The van der Waals surface area contributed by atoms with Crippen molar-refractivity contribution in [1.29, 1.82) is 0 Å². The number of anilines is 1. The second-order valence-electron chi connectivity index (χ2n) is 5.14. The van der Waals surface area contributed by atoms with Crippen LogP contribution in [0.15, 0.2) is 30.3 Å². The molecule has 19 heavy (non-hydrogen) atoms. The van der Waals surface area contributed by atoms with Crippen LogP contribution < -0.4 is 4.90 Å². The fourth-order valence-electron chi connectivity index (χ4n) is 2.59. The number of carbonyl (C=O) groups excluding carboxylic acids is 1. The molecule has 1 amide bonds. The van der Waals surface area contributed by atoms with E-state index in [0.717, 1.165) is 18.7 Å². The molecule has 1 aromatic carbocycles. The Labute approximate surface area is 114 Å². The Balaban J connectivity index is 2.31. The maximum Gasteiger partial charge on any atom is 0.245 e. The first-order valence-electron chi connectivity index (χ1n) is 6.84. The minimum atomic E-state index is -0.262. The van der Waals surface area contributed by atoms with Gasteiger partial charge >= 0.3 is 0 Å². The number of likely N-dealkylation sites (N-methyl/N-ethyl adjacent to an activating group) is 1. The lowest BCUT2D eigenvalue weighted by Gasteiger charge is -2.31. The fraction of sp³-hybridized carbons (Fsp3) is 0.533. The van der Waals surface area contributed by atoms with Crippen molar-refractivity contribution in [1.82, 2.24) is 4.90 Å². The normalized spacial score (nSPS) is 24.5. The number of amides is 1. The SMILES string of the molecule is CC1CCN(c2ccccc2)C(CCO)C(=O)N1C. The zero-order valence-electron chi connectivity index (χ0n) is 11.6. The van der Waals surface area contributed by atoms with Gasteiger partial charge in [0.05, 0.1) is 0 Å². The van der Waals surface area contributed by atoms with Crippen LogP contribution in [0.1, 0.15) is 19.8 Å². The summed E-state index contributed by atoms with van der Waals surface area (Å²) >= 11 is 0. The molecule has 1 N–H and O–H groups in total. The van der Waals surface area contributed by atoms with Crippen molar-refractivity contribution in [3.63, 3.8) is 0 Å². The zero-order valence-corrected chi connectivity index (χ0v) is 11.6. The number of aliphatic hydroxyl groups is 1. The van der Waals surface area contributed by atoms with Gasteiger partial charge in [0.2, 0.25) is 5.91 Å². The van der Waals surface area contributed by atoms with Crippen LogP contribution in [0, 0.1) is 0 Å². The van der Waals surface area contributed by atoms with Crippen molar-refractivity contribution in [2.45, 2.75) is 31.8 Å². The fourth-order valence-corrected chi connectivity index (χ4v) is 2.59. The molecular formula is C15H22N2O2. The summed E-state index contributed by atoms with van der Waals surface area (Å²) < 4.78 is 0. The van der Waals surface area contributed by atoms with E-state index < -0.39 is 0 Å². The molecule has 104 valence electrons. The molecule has 1 aliphatic heterocycles. The molecule has 1 aliphatic rings. The standard InChI is InChI=1S/C15H22N2O2/c1-12-8-10-17(13-6-4-3-5-7-13)14(9-11-18)15(19)16(12)2/h3-7,12,14,18H,8-11H2,1-2H3. The summed E-state index contributed by atoms with van der Waals surface area (Å²) in [5.74, 6) is 0.0999. The maximum atomic E-state index is 12.5. The predicted octanol–water partition coefficient (Wildman–Crippen LogP) is 1.49. The lowest BCUT2D eigenvalue weighted by atomic mass is 10.1. The van der Waals surface area contributed by atoms with Crippen LogP contribution in [0.25, 0.3) is 0 Å². The Hall–Kier alpha value is -1.55. The molecule has 2 atom stereocenters. The molecule has 4 nitrogen and oxygen atoms in total. The highest BCUT2D eigenvalue weighted by molar-refractivity contribution is 5.86. The zero-order chi connectivity index (χ0) is 13.8. The third kappa shape index (κ3) is 2.89. The summed E-state index contributed by atoms with van der Waals surface area (Å²) in [7, 11) is 1.85. The molecule has 1 saturated heterocycles. The highest BCUT2D eigenvalue weighted by Crippen LogP contribution is 2.24. The van der Waals surface area contributed by atoms with Crippen molar-refractivity contribution in [3.8, 4) is 0 Å². The Morgan fingerprint density at radius 1 is 1.32 bits per heavy atom. The molecule has 0 aliphatic carbocycles. The lowest BCUT2D eigenvalue weighted by molar-refractivity contribution is -0.132. The average Bonchev–Trinajstić information content (AvgIpc) is 2.54. The van der Waals surface area contributed by atoms with Crippen LogP contribution in [-0.2, 0) is 4.79 Å². The summed E-state index contributed by atoms with van der Waals surface area (Å²) in [5.41, 5.74) is 1.05. The third-order valence-electron chi connectivity index (χ3n) is 3.95. The highest BCUT2D eigenvalue weighted by atomic mass is 16.3. The number of hydrogen-bond acceptors (Lipinski definition) is 3. The number of hydrogen-bond donors (Lipinski definition) is 1. The van der Waals surface area contributed by atoms with Gasteiger partial charge in [0, 0.05) is 31.9 Å². The monoisotopic (exact) mass is 262 g/mol. The highest BCUT2D eigenvalue weighted by Gasteiger charge is 2.33. The van der Waals surface area contributed by atoms with Crippen LogP contribution in [0.4, 0.5) is 5.69 Å². The number of nitrogens with zero attached hydrogens (tertiary/aromatic N) is 2. The van der Waals surface area contributed by atoms with E-state index in [4.69, 9.17) is 0 Å². The third-order valence-corrected chi connectivity index (χ3v) is 3.95. The second-order valence-corrected chi connectivity index (χ2v) is 5.14. The van der Waals surface area contributed by atoms with E-state index in [2.05, 4.69) is 11.8 Å². The molecule has 1 aromatic rings. The molecule has 0 saturated carbocycles. The maximum absolute atomic E-state index is 12.5. The Kier molecular flexibility index (Phi) is 4.43. The van der Waals surface area contributed by atoms with Gasteiger partial charge in [-0.15, -0.1) is 0 Å². The molecular weight excluding hydrogens is 240 g/mol. The predicted molar refractivity (Wildman–Crippen MR) is 76.1 cm³/mol. The summed E-state index contributed by atoms with van der Waals surface area (Å²) in [5, 5.41) is 9.25. The quantitative estimate of drug-likeness (QED) is 0.897. The van der Waals surface area contributed by atoms with Crippen molar-refractivity contribution < 1.29 is 9.90 Å². The van der Waals surface area contributed by atoms with Crippen LogP contribution in [-0.4, -0.2) is 48.2 Å². The number of aliphatic hydroxyl groups excluding tert-OH is 1. The van der Waals surface area contributed by atoms with Crippen molar-refractivity contribution in [2.75, 3.05) is 25.1 Å². The Morgan fingerprint density at radius 2 is 2.00 bits per heavy atom.